The van der Waals surface area contributed by atoms with Crippen molar-refractivity contribution in [3.05, 3.63) is 60.7 Å². The molecule has 3 aromatic carbocycles. The monoisotopic (exact) mass is 442 g/mol. The maximum absolute atomic E-state index is 13.5. The Kier molecular flexibility index (Phi) is 5.69. The van der Waals surface area contributed by atoms with Crippen LogP contribution in [0.1, 0.15) is 12.8 Å². The predicted molar refractivity (Wildman–Crippen MR) is 122 cm³/mol. The quantitative estimate of drug-likeness (QED) is 0.442. The van der Waals surface area contributed by atoms with Crippen molar-refractivity contribution in [3.63, 3.8) is 0 Å². The van der Waals surface area contributed by atoms with Gasteiger partial charge in [0.25, 0.3) is 0 Å². The van der Waals surface area contributed by atoms with Crippen LogP contribution in [-0.4, -0.2) is 37.7 Å². The van der Waals surface area contributed by atoms with E-state index in [0.29, 0.717) is 22.3 Å². The highest BCUT2D eigenvalue weighted by molar-refractivity contribution is 7.91. The normalized spacial score (nSPS) is 15.2. The van der Waals surface area contributed by atoms with Crippen molar-refractivity contribution in [1.29, 1.82) is 0 Å². The van der Waals surface area contributed by atoms with Crippen LogP contribution in [0.25, 0.3) is 21.7 Å². The van der Waals surface area contributed by atoms with E-state index in [0.717, 1.165) is 37.0 Å². The van der Waals surface area contributed by atoms with Crippen LogP contribution in [0.5, 0.6) is 0 Å². The summed E-state index contributed by atoms with van der Waals surface area (Å²) in [6.45, 7) is 1.98. The molecule has 0 radical (unpaired) electrons. The van der Waals surface area contributed by atoms with Gasteiger partial charge in [0.05, 0.1) is 10.4 Å². The van der Waals surface area contributed by atoms with Gasteiger partial charge in [0, 0.05) is 22.5 Å². The van der Waals surface area contributed by atoms with E-state index in [1.165, 1.54) is 0 Å². The first-order valence-corrected chi connectivity index (χ1v) is 11.3. The standard InChI is InChI=1S/C22H22N4O2S.ClH/c27-29(28,21-7-3-5-15-4-1-2-6-18(15)21)22-19-14-17(8-9-20(19)25-26-22)24-16-10-12-23-13-11-16;/h1-9,14,16,23-24H,10-13H2,(H,25,26);1H. The van der Waals surface area contributed by atoms with Gasteiger partial charge in [-0.25, -0.2) is 8.42 Å². The van der Waals surface area contributed by atoms with Crippen molar-refractivity contribution in [3.8, 4) is 0 Å². The van der Waals surface area contributed by atoms with Gasteiger partial charge in [-0.1, -0.05) is 36.4 Å². The zero-order chi connectivity index (χ0) is 19.8. The van der Waals surface area contributed by atoms with Gasteiger partial charge in [-0.3, -0.25) is 5.10 Å². The number of rotatable bonds is 4. The Morgan fingerprint density at radius 2 is 1.70 bits per heavy atom. The second-order valence-corrected chi connectivity index (χ2v) is 9.29. The zero-order valence-corrected chi connectivity index (χ0v) is 17.9. The lowest BCUT2D eigenvalue weighted by atomic mass is 10.1. The number of H-pyrrole nitrogens is 1. The molecule has 0 saturated carbocycles. The van der Waals surface area contributed by atoms with E-state index >= 15 is 0 Å². The molecular formula is C22H23ClN4O2S. The summed E-state index contributed by atoms with van der Waals surface area (Å²) in [7, 11) is -3.75. The lowest BCUT2D eigenvalue weighted by Gasteiger charge is -2.24. The Hall–Kier alpha value is -2.61. The molecule has 0 aliphatic carbocycles. The summed E-state index contributed by atoms with van der Waals surface area (Å²) < 4.78 is 27.0. The number of hydrogen-bond acceptors (Lipinski definition) is 5. The Balaban J connectivity index is 0.00000218. The molecule has 4 aromatic rings. The number of sulfone groups is 1. The highest BCUT2D eigenvalue weighted by atomic mass is 35.5. The Bertz CT molecular complexity index is 1290. The van der Waals surface area contributed by atoms with Crippen LogP contribution in [0, 0.1) is 0 Å². The minimum absolute atomic E-state index is 0. The largest absolute Gasteiger partial charge is 0.382 e. The predicted octanol–water partition coefficient (Wildman–Crippen LogP) is 4.13. The highest BCUT2D eigenvalue weighted by Crippen LogP contribution is 2.32. The van der Waals surface area contributed by atoms with Crippen molar-refractivity contribution >= 4 is 49.6 Å². The number of aromatic nitrogens is 2. The molecule has 1 aromatic heterocycles. The molecule has 1 fully saturated rings. The van der Waals surface area contributed by atoms with Gasteiger partial charge in [0.2, 0.25) is 9.84 Å². The average molecular weight is 443 g/mol. The summed E-state index contributed by atoms with van der Waals surface area (Å²) in [4.78, 5) is 0.290. The molecular weight excluding hydrogens is 420 g/mol. The van der Waals surface area contributed by atoms with Crippen LogP contribution in [0.3, 0.4) is 0 Å². The van der Waals surface area contributed by atoms with Crippen LogP contribution < -0.4 is 10.6 Å². The summed E-state index contributed by atoms with van der Waals surface area (Å²) in [6, 6.07) is 19.0. The maximum Gasteiger partial charge on any atom is 0.224 e. The van der Waals surface area contributed by atoms with E-state index in [1.807, 2.05) is 48.5 Å². The third-order valence-corrected chi connectivity index (χ3v) is 7.32. The van der Waals surface area contributed by atoms with Crippen molar-refractivity contribution in [2.75, 3.05) is 18.4 Å². The molecule has 0 bridgehead atoms. The van der Waals surface area contributed by atoms with E-state index in [2.05, 4.69) is 20.8 Å². The van der Waals surface area contributed by atoms with Gasteiger partial charge in [-0.2, -0.15) is 5.10 Å². The molecule has 8 heteroatoms. The molecule has 1 aliphatic rings. The van der Waals surface area contributed by atoms with E-state index in [1.54, 1.807) is 12.1 Å². The molecule has 0 atom stereocenters. The van der Waals surface area contributed by atoms with Gasteiger partial charge < -0.3 is 10.6 Å². The fraction of sp³-hybridized carbons (Fsp3) is 0.227. The first kappa shape index (κ1) is 20.7. The Labute approximate surface area is 181 Å². The fourth-order valence-corrected chi connectivity index (χ4v) is 5.60. The first-order chi connectivity index (χ1) is 14.1. The number of aromatic amines is 1. The summed E-state index contributed by atoms with van der Waals surface area (Å²) in [5, 5.41) is 16.2. The molecule has 30 heavy (non-hydrogen) atoms. The topological polar surface area (TPSA) is 86.9 Å². The SMILES string of the molecule is Cl.O=S(=O)(c1cccc2ccccc12)c1[nH]nc2ccc(NC3CCNCC3)cc12. The highest BCUT2D eigenvalue weighted by Gasteiger charge is 2.25. The molecule has 5 rings (SSSR count). The number of piperidine rings is 1. The molecule has 1 saturated heterocycles. The lowest BCUT2D eigenvalue weighted by molar-refractivity contribution is 0.479. The van der Waals surface area contributed by atoms with Crippen LogP contribution in [0.2, 0.25) is 0 Å². The van der Waals surface area contributed by atoms with Crippen molar-refractivity contribution in [2.45, 2.75) is 28.8 Å². The van der Waals surface area contributed by atoms with Crippen LogP contribution in [0.15, 0.2) is 70.6 Å². The summed E-state index contributed by atoms with van der Waals surface area (Å²) in [5.41, 5.74) is 1.56. The van der Waals surface area contributed by atoms with Crippen LogP contribution >= 0.6 is 12.4 Å². The number of halogens is 1. The van der Waals surface area contributed by atoms with Gasteiger partial charge in [-0.05, 0) is 55.6 Å². The average Bonchev–Trinajstić information content (AvgIpc) is 3.18. The number of benzene rings is 3. The minimum Gasteiger partial charge on any atom is -0.382 e. The molecule has 3 N–H and O–H groups in total. The summed E-state index contributed by atoms with van der Waals surface area (Å²) in [5.74, 6) is 0. The zero-order valence-electron chi connectivity index (χ0n) is 16.3. The Morgan fingerprint density at radius 3 is 2.53 bits per heavy atom. The molecule has 0 spiro atoms. The fourth-order valence-electron chi connectivity index (χ4n) is 4.02. The van der Waals surface area contributed by atoms with Crippen molar-refractivity contribution in [1.82, 2.24) is 15.5 Å². The van der Waals surface area contributed by atoms with Gasteiger partial charge in [0.1, 0.15) is 0 Å². The number of anilines is 1. The van der Waals surface area contributed by atoms with E-state index < -0.39 is 9.84 Å². The second kappa shape index (κ2) is 8.26. The Morgan fingerprint density at radius 1 is 0.933 bits per heavy atom. The van der Waals surface area contributed by atoms with Crippen LogP contribution in [-0.2, 0) is 9.84 Å². The number of nitrogens with one attached hydrogen (secondary N) is 3. The molecule has 6 nitrogen and oxygen atoms in total. The molecule has 2 heterocycles. The summed E-state index contributed by atoms with van der Waals surface area (Å²) in [6.07, 6.45) is 2.09. The minimum atomic E-state index is -3.75. The maximum atomic E-state index is 13.5. The van der Waals surface area contributed by atoms with Crippen LogP contribution in [0.4, 0.5) is 5.69 Å². The van der Waals surface area contributed by atoms with E-state index in [4.69, 9.17) is 0 Å². The van der Waals surface area contributed by atoms with E-state index in [9.17, 15) is 8.42 Å². The lowest BCUT2D eigenvalue weighted by Crippen LogP contribution is -2.35. The second-order valence-electron chi connectivity index (χ2n) is 7.43. The van der Waals surface area contributed by atoms with Crippen molar-refractivity contribution in [2.24, 2.45) is 0 Å². The number of hydrogen-bond donors (Lipinski definition) is 3. The molecule has 1 aliphatic heterocycles. The first-order valence-electron chi connectivity index (χ1n) is 9.81. The third-order valence-electron chi connectivity index (χ3n) is 5.54. The van der Waals surface area contributed by atoms with Gasteiger partial charge in [-0.15, -0.1) is 12.4 Å². The van der Waals surface area contributed by atoms with Gasteiger partial charge in [0.15, 0.2) is 5.03 Å². The molecule has 0 unspecified atom stereocenters. The smallest absolute Gasteiger partial charge is 0.224 e. The third kappa shape index (κ3) is 3.64. The number of nitrogens with zero attached hydrogens (tertiary/aromatic N) is 1. The summed E-state index contributed by atoms with van der Waals surface area (Å²) >= 11 is 0. The number of fused-ring (bicyclic) bond motifs is 2. The van der Waals surface area contributed by atoms with Gasteiger partial charge >= 0.3 is 0 Å². The van der Waals surface area contributed by atoms with Crippen molar-refractivity contribution < 1.29 is 8.42 Å². The van der Waals surface area contributed by atoms with E-state index in [-0.39, 0.29) is 22.3 Å². The molecule has 156 valence electrons. The molecule has 0 amide bonds.